The second kappa shape index (κ2) is 6.23. The van der Waals surface area contributed by atoms with Crippen LogP contribution in [0.1, 0.15) is 15.9 Å². The number of benzene rings is 2. The van der Waals surface area contributed by atoms with Gasteiger partial charge in [0.05, 0.1) is 15.3 Å². The number of nitrogens with one attached hydrogen (secondary N) is 1. The monoisotopic (exact) mass is 390 g/mol. The van der Waals surface area contributed by atoms with Crippen LogP contribution in [0.4, 0.5) is 18.3 Å². The molecule has 1 N–H and O–H groups in total. The van der Waals surface area contributed by atoms with Gasteiger partial charge in [0.2, 0.25) is 0 Å². The number of rotatable bonds is 2. The maximum absolute atomic E-state index is 12.7. The zero-order valence-corrected chi connectivity index (χ0v) is 13.9. The fraction of sp³-hybridized carbons (Fsp3) is 0.0667. The molecule has 1 amide bonds. The number of carbonyl (C=O) groups excluding carboxylic acids is 1. The highest BCUT2D eigenvalue weighted by Gasteiger charge is 2.31. The van der Waals surface area contributed by atoms with E-state index in [0.29, 0.717) is 20.3 Å². The van der Waals surface area contributed by atoms with E-state index in [1.807, 2.05) is 0 Å². The summed E-state index contributed by atoms with van der Waals surface area (Å²) in [5.74, 6) is -0.692. The van der Waals surface area contributed by atoms with Crippen molar-refractivity contribution in [1.82, 2.24) is 4.98 Å². The Balaban J connectivity index is 1.89. The third-order valence-corrected chi connectivity index (χ3v) is 4.51. The topological polar surface area (TPSA) is 42.0 Å². The van der Waals surface area contributed by atoms with Crippen molar-refractivity contribution in [2.75, 3.05) is 5.32 Å². The van der Waals surface area contributed by atoms with E-state index in [-0.39, 0.29) is 10.7 Å². The van der Waals surface area contributed by atoms with Gasteiger partial charge in [0.1, 0.15) is 5.52 Å². The first-order chi connectivity index (χ1) is 11.2. The molecule has 0 saturated heterocycles. The summed E-state index contributed by atoms with van der Waals surface area (Å²) in [5, 5.41) is 3.44. The lowest BCUT2D eigenvalue weighted by atomic mass is 10.1. The summed E-state index contributed by atoms with van der Waals surface area (Å²) >= 11 is 13.0. The van der Waals surface area contributed by atoms with E-state index in [1.54, 1.807) is 6.07 Å². The van der Waals surface area contributed by atoms with Gasteiger partial charge in [-0.05, 0) is 30.3 Å². The molecule has 3 rings (SSSR count). The Morgan fingerprint density at radius 1 is 1.17 bits per heavy atom. The SMILES string of the molecule is O=C(Nc1nc2c(Cl)cc(Cl)cc2s1)c1cccc(C(F)(F)F)c1. The van der Waals surface area contributed by atoms with Gasteiger partial charge < -0.3 is 0 Å². The van der Waals surface area contributed by atoms with Crippen LogP contribution in [0.5, 0.6) is 0 Å². The van der Waals surface area contributed by atoms with E-state index in [9.17, 15) is 18.0 Å². The fourth-order valence-electron chi connectivity index (χ4n) is 2.02. The summed E-state index contributed by atoms with van der Waals surface area (Å²) in [6, 6.07) is 7.31. The fourth-order valence-corrected chi connectivity index (χ4v) is 3.60. The van der Waals surface area contributed by atoms with Crippen molar-refractivity contribution in [3.8, 4) is 0 Å². The second-order valence-corrected chi connectivity index (χ2v) is 6.66. The molecule has 0 spiro atoms. The number of hydrogen-bond acceptors (Lipinski definition) is 3. The highest BCUT2D eigenvalue weighted by Crippen LogP contribution is 2.34. The first-order valence-corrected chi connectivity index (χ1v) is 8.05. The molecule has 0 radical (unpaired) electrons. The van der Waals surface area contributed by atoms with Crippen LogP contribution in [0.2, 0.25) is 10.0 Å². The van der Waals surface area contributed by atoms with Crippen LogP contribution in [0.15, 0.2) is 36.4 Å². The normalized spacial score (nSPS) is 11.7. The Kier molecular flexibility index (Phi) is 4.42. The van der Waals surface area contributed by atoms with E-state index in [0.717, 1.165) is 23.5 Å². The van der Waals surface area contributed by atoms with E-state index in [4.69, 9.17) is 23.2 Å². The molecule has 0 unspecified atom stereocenters. The second-order valence-electron chi connectivity index (χ2n) is 4.79. The molecule has 1 aromatic heterocycles. The minimum Gasteiger partial charge on any atom is -0.298 e. The molecule has 0 aliphatic rings. The number of thiazole rings is 1. The minimum atomic E-state index is -4.52. The zero-order chi connectivity index (χ0) is 17.5. The molecule has 0 atom stereocenters. The summed E-state index contributed by atoms with van der Waals surface area (Å²) in [4.78, 5) is 16.3. The summed E-state index contributed by atoms with van der Waals surface area (Å²) in [5.41, 5.74) is -0.548. The average Bonchev–Trinajstić information content (AvgIpc) is 2.89. The molecule has 124 valence electrons. The van der Waals surface area contributed by atoms with Gasteiger partial charge in [0.15, 0.2) is 5.13 Å². The van der Waals surface area contributed by atoms with Gasteiger partial charge in [-0.25, -0.2) is 4.98 Å². The van der Waals surface area contributed by atoms with Crippen molar-refractivity contribution in [2.45, 2.75) is 6.18 Å². The maximum atomic E-state index is 12.7. The summed E-state index contributed by atoms with van der Waals surface area (Å²) in [7, 11) is 0. The van der Waals surface area contributed by atoms with Crippen LogP contribution in [0.3, 0.4) is 0 Å². The average molecular weight is 391 g/mol. The molecule has 2 aromatic carbocycles. The molecular weight excluding hydrogens is 384 g/mol. The van der Waals surface area contributed by atoms with Crippen LogP contribution in [0, 0.1) is 0 Å². The molecule has 3 nitrogen and oxygen atoms in total. The van der Waals surface area contributed by atoms with Crippen LogP contribution in [-0.4, -0.2) is 10.9 Å². The number of amides is 1. The standard InChI is InChI=1S/C15H7Cl2F3N2OS/c16-9-5-10(17)12-11(6-9)24-14(21-12)22-13(23)7-2-1-3-8(4-7)15(18,19)20/h1-6H,(H,21,22,23). The Labute approximate surface area is 148 Å². The zero-order valence-electron chi connectivity index (χ0n) is 11.6. The number of fused-ring (bicyclic) bond motifs is 1. The minimum absolute atomic E-state index is 0.117. The van der Waals surface area contributed by atoms with Crippen LogP contribution >= 0.6 is 34.5 Å². The van der Waals surface area contributed by atoms with Crippen molar-refractivity contribution in [3.63, 3.8) is 0 Å². The van der Waals surface area contributed by atoms with E-state index >= 15 is 0 Å². The maximum Gasteiger partial charge on any atom is 0.416 e. The molecular formula is C15H7Cl2F3N2OS. The summed E-state index contributed by atoms with van der Waals surface area (Å²) < 4.78 is 38.8. The van der Waals surface area contributed by atoms with Gasteiger partial charge in [0, 0.05) is 10.6 Å². The van der Waals surface area contributed by atoms with Crippen LogP contribution in [0.25, 0.3) is 10.2 Å². The van der Waals surface area contributed by atoms with Crippen molar-refractivity contribution in [1.29, 1.82) is 0 Å². The first kappa shape index (κ1) is 17.0. The van der Waals surface area contributed by atoms with E-state index < -0.39 is 17.6 Å². The van der Waals surface area contributed by atoms with Gasteiger partial charge in [0.25, 0.3) is 5.91 Å². The Morgan fingerprint density at radius 2 is 1.92 bits per heavy atom. The molecule has 0 bridgehead atoms. The molecule has 0 saturated carbocycles. The summed E-state index contributed by atoms with van der Waals surface area (Å²) in [6.45, 7) is 0. The number of aromatic nitrogens is 1. The first-order valence-electron chi connectivity index (χ1n) is 6.48. The number of halogens is 5. The number of nitrogens with zero attached hydrogens (tertiary/aromatic N) is 1. The van der Waals surface area contributed by atoms with Gasteiger partial charge in [-0.2, -0.15) is 13.2 Å². The predicted molar refractivity (Wildman–Crippen MR) is 89.0 cm³/mol. The number of anilines is 1. The van der Waals surface area contributed by atoms with Crippen LogP contribution in [-0.2, 0) is 6.18 Å². The molecule has 0 aliphatic heterocycles. The van der Waals surface area contributed by atoms with Gasteiger partial charge in [-0.15, -0.1) is 0 Å². The van der Waals surface area contributed by atoms with Crippen molar-refractivity contribution in [2.24, 2.45) is 0 Å². The van der Waals surface area contributed by atoms with E-state index in [1.165, 1.54) is 18.2 Å². The third kappa shape index (κ3) is 3.48. The Hall–Kier alpha value is -1.83. The smallest absolute Gasteiger partial charge is 0.298 e. The van der Waals surface area contributed by atoms with Gasteiger partial charge in [-0.1, -0.05) is 40.6 Å². The van der Waals surface area contributed by atoms with Crippen molar-refractivity contribution >= 4 is 55.8 Å². The van der Waals surface area contributed by atoms with Gasteiger partial charge in [-0.3, -0.25) is 10.1 Å². The lowest BCUT2D eigenvalue weighted by Gasteiger charge is -2.08. The third-order valence-electron chi connectivity index (χ3n) is 3.09. The molecule has 0 aliphatic carbocycles. The highest BCUT2D eigenvalue weighted by atomic mass is 35.5. The Morgan fingerprint density at radius 3 is 2.62 bits per heavy atom. The highest BCUT2D eigenvalue weighted by molar-refractivity contribution is 7.22. The molecule has 9 heteroatoms. The number of hydrogen-bond donors (Lipinski definition) is 1. The van der Waals surface area contributed by atoms with Crippen molar-refractivity contribution in [3.05, 3.63) is 57.6 Å². The lowest BCUT2D eigenvalue weighted by Crippen LogP contribution is -2.13. The number of alkyl halides is 3. The van der Waals surface area contributed by atoms with Crippen LogP contribution < -0.4 is 5.32 Å². The van der Waals surface area contributed by atoms with E-state index in [2.05, 4.69) is 10.3 Å². The number of carbonyl (C=O) groups is 1. The predicted octanol–water partition coefficient (Wildman–Crippen LogP) is 5.87. The molecule has 24 heavy (non-hydrogen) atoms. The Bertz CT molecular complexity index is 940. The molecule has 0 fully saturated rings. The quantitative estimate of drug-likeness (QED) is 0.593. The molecule has 1 heterocycles. The summed E-state index contributed by atoms with van der Waals surface area (Å²) in [6.07, 6.45) is -4.52. The molecule has 3 aromatic rings. The lowest BCUT2D eigenvalue weighted by molar-refractivity contribution is -0.137. The largest absolute Gasteiger partial charge is 0.416 e. The van der Waals surface area contributed by atoms with Gasteiger partial charge >= 0.3 is 6.18 Å². The van der Waals surface area contributed by atoms with Crippen molar-refractivity contribution < 1.29 is 18.0 Å².